The number of unbranched alkanes of at least 4 members (excludes halogenated alkanes) is 2. The van der Waals surface area contributed by atoms with Gasteiger partial charge >= 0.3 is 0 Å². The van der Waals surface area contributed by atoms with Crippen LogP contribution in [-0.4, -0.2) is 12.7 Å². The van der Waals surface area contributed by atoms with Crippen molar-refractivity contribution in [1.82, 2.24) is 0 Å². The Bertz CT molecular complexity index is 385. The van der Waals surface area contributed by atoms with Crippen molar-refractivity contribution in [3.05, 3.63) is 12.2 Å². The molecule has 0 aliphatic heterocycles. The molecule has 2 aliphatic carbocycles. The number of allylic oxidation sites excluding steroid dienone is 1. The van der Waals surface area contributed by atoms with Crippen LogP contribution in [0.25, 0.3) is 0 Å². The Balaban J connectivity index is 1.74. The summed E-state index contributed by atoms with van der Waals surface area (Å²) in [5.41, 5.74) is 0.476. The molecule has 0 saturated heterocycles. The van der Waals surface area contributed by atoms with Crippen LogP contribution in [0.3, 0.4) is 0 Å². The molecule has 1 heteroatoms. The van der Waals surface area contributed by atoms with Crippen molar-refractivity contribution in [3.8, 4) is 0 Å². The SMILES string of the molecule is CCCCCC1CCC(OC/C=C/C2(C(CC)CCC)CCCCC2)CC1. The topological polar surface area (TPSA) is 9.23 Å². The summed E-state index contributed by atoms with van der Waals surface area (Å²) in [7, 11) is 0. The van der Waals surface area contributed by atoms with E-state index in [0.717, 1.165) is 18.4 Å². The summed E-state index contributed by atoms with van der Waals surface area (Å²) in [4.78, 5) is 0. The van der Waals surface area contributed by atoms with Crippen molar-refractivity contribution in [2.24, 2.45) is 17.3 Å². The minimum Gasteiger partial charge on any atom is -0.374 e. The van der Waals surface area contributed by atoms with E-state index in [1.165, 1.54) is 103 Å². The van der Waals surface area contributed by atoms with E-state index in [0.29, 0.717) is 11.5 Å². The highest BCUT2D eigenvalue weighted by Gasteiger charge is 2.35. The molecule has 0 spiro atoms. The summed E-state index contributed by atoms with van der Waals surface area (Å²) in [6.45, 7) is 7.90. The monoisotopic (exact) mass is 376 g/mol. The number of rotatable bonds is 12. The minimum atomic E-state index is 0.476. The van der Waals surface area contributed by atoms with Gasteiger partial charge in [-0.3, -0.25) is 0 Å². The molecule has 1 nitrogen and oxygen atoms in total. The number of ether oxygens (including phenoxy) is 1. The van der Waals surface area contributed by atoms with Gasteiger partial charge in [0.15, 0.2) is 0 Å². The lowest BCUT2D eigenvalue weighted by molar-refractivity contribution is 0.0325. The van der Waals surface area contributed by atoms with Crippen LogP contribution in [0.1, 0.15) is 124 Å². The Hall–Kier alpha value is -0.300. The second-order valence-corrected chi connectivity index (χ2v) is 9.56. The van der Waals surface area contributed by atoms with Gasteiger partial charge < -0.3 is 4.74 Å². The second-order valence-electron chi connectivity index (χ2n) is 9.56. The van der Waals surface area contributed by atoms with Gasteiger partial charge in [-0.1, -0.05) is 90.7 Å². The second kappa shape index (κ2) is 13.0. The van der Waals surface area contributed by atoms with Crippen LogP contribution in [-0.2, 0) is 4.74 Å². The molecular weight excluding hydrogens is 328 g/mol. The summed E-state index contributed by atoms with van der Waals surface area (Å²) in [5.74, 6) is 1.86. The quantitative estimate of drug-likeness (QED) is 0.245. The van der Waals surface area contributed by atoms with Gasteiger partial charge in [-0.25, -0.2) is 0 Å². The summed E-state index contributed by atoms with van der Waals surface area (Å²) < 4.78 is 6.28. The van der Waals surface area contributed by atoms with Crippen molar-refractivity contribution < 1.29 is 4.74 Å². The van der Waals surface area contributed by atoms with Gasteiger partial charge in [0.2, 0.25) is 0 Å². The van der Waals surface area contributed by atoms with Crippen LogP contribution in [0, 0.1) is 17.3 Å². The van der Waals surface area contributed by atoms with E-state index in [9.17, 15) is 0 Å². The third-order valence-electron chi connectivity index (χ3n) is 7.62. The molecule has 0 amide bonds. The van der Waals surface area contributed by atoms with Crippen LogP contribution in [0.4, 0.5) is 0 Å². The average molecular weight is 377 g/mol. The minimum absolute atomic E-state index is 0.476. The molecule has 1 atom stereocenters. The largest absolute Gasteiger partial charge is 0.374 e. The highest BCUT2D eigenvalue weighted by atomic mass is 16.5. The van der Waals surface area contributed by atoms with Gasteiger partial charge in [0.25, 0.3) is 0 Å². The first-order chi connectivity index (χ1) is 13.2. The molecular formula is C26H48O. The van der Waals surface area contributed by atoms with Gasteiger partial charge in [0.05, 0.1) is 12.7 Å². The van der Waals surface area contributed by atoms with Gasteiger partial charge in [-0.2, -0.15) is 0 Å². The zero-order chi connectivity index (χ0) is 19.4. The predicted octanol–water partition coefficient (Wildman–Crippen LogP) is 8.48. The fourth-order valence-corrected chi connectivity index (χ4v) is 5.91. The third kappa shape index (κ3) is 7.56. The maximum absolute atomic E-state index is 6.28. The lowest BCUT2D eigenvalue weighted by Crippen LogP contribution is -2.31. The molecule has 2 rings (SSSR count). The van der Waals surface area contributed by atoms with Crippen LogP contribution in [0.5, 0.6) is 0 Å². The van der Waals surface area contributed by atoms with E-state index in [4.69, 9.17) is 4.74 Å². The maximum atomic E-state index is 6.28. The van der Waals surface area contributed by atoms with Crippen LogP contribution in [0.15, 0.2) is 12.2 Å². The van der Waals surface area contributed by atoms with Crippen molar-refractivity contribution in [2.45, 2.75) is 130 Å². The van der Waals surface area contributed by atoms with E-state index in [1.54, 1.807) is 0 Å². The van der Waals surface area contributed by atoms with Crippen LogP contribution >= 0.6 is 0 Å². The first-order valence-electron chi connectivity index (χ1n) is 12.5. The molecule has 0 heterocycles. The first kappa shape index (κ1) is 23.0. The molecule has 0 aromatic rings. The molecule has 27 heavy (non-hydrogen) atoms. The summed E-state index contributed by atoms with van der Waals surface area (Å²) >= 11 is 0. The predicted molar refractivity (Wildman–Crippen MR) is 119 cm³/mol. The standard InChI is InChI=1S/C26H48O/c1-4-7-9-14-23-15-17-25(18-16-23)27-22-12-21-26(19-10-8-11-20-26)24(6-3)13-5-2/h12,21,23-25H,4-11,13-20,22H2,1-3H3/b21-12+. The van der Waals surface area contributed by atoms with E-state index in [1.807, 2.05) is 0 Å². The molecule has 2 aliphatic rings. The Morgan fingerprint density at radius 3 is 2.30 bits per heavy atom. The number of hydrogen-bond donors (Lipinski definition) is 0. The molecule has 158 valence electrons. The summed E-state index contributed by atoms with van der Waals surface area (Å²) in [6.07, 6.45) is 27.7. The van der Waals surface area contributed by atoms with Crippen molar-refractivity contribution >= 4 is 0 Å². The zero-order valence-corrected chi connectivity index (χ0v) is 18.8. The molecule has 1 unspecified atom stereocenters. The van der Waals surface area contributed by atoms with Gasteiger partial charge in [0, 0.05) is 0 Å². The third-order valence-corrected chi connectivity index (χ3v) is 7.62. The Morgan fingerprint density at radius 2 is 1.67 bits per heavy atom. The molecule has 0 N–H and O–H groups in total. The average Bonchev–Trinajstić information content (AvgIpc) is 2.71. The summed E-state index contributed by atoms with van der Waals surface area (Å²) in [5, 5.41) is 0. The van der Waals surface area contributed by atoms with Gasteiger partial charge in [-0.15, -0.1) is 0 Å². The molecule has 0 radical (unpaired) electrons. The van der Waals surface area contributed by atoms with Gasteiger partial charge in [0.1, 0.15) is 0 Å². The van der Waals surface area contributed by atoms with Crippen LogP contribution in [0.2, 0.25) is 0 Å². The van der Waals surface area contributed by atoms with E-state index < -0.39 is 0 Å². The highest BCUT2D eigenvalue weighted by molar-refractivity contribution is 5.04. The van der Waals surface area contributed by atoms with Gasteiger partial charge in [-0.05, 0) is 62.2 Å². The molecule has 0 aromatic heterocycles. The molecule has 0 bridgehead atoms. The van der Waals surface area contributed by atoms with Crippen LogP contribution < -0.4 is 0 Å². The van der Waals surface area contributed by atoms with E-state index in [-0.39, 0.29) is 0 Å². The Morgan fingerprint density at radius 1 is 0.926 bits per heavy atom. The maximum Gasteiger partial charge on any atom is 0.0651 e. The van der Waals surface area contributed by atoms with Crippen molar-refractivity contribution in [3.63, 3.8) is 0 Å². The van der Waals surface area contributed by atoms with E-state index in [2.05, 4.69) is 32.9 Å². The summed E-state index contributed by atoms with van der Waals surface area (Å²) in [6, 6.07) is 0. The van der Waals surface area contributed by atoms with Crippen molar-refractivity contribution in [2.75, 3.05) is 6.61 Å². The normalized spacial score (nSPS) is 27.1. The lowest BCUT2D eigenvalue weighted by Gasteiger charge is -2.42. The van der Waals surface area contributed by atoms with Crippen molar-refractivity contribution in [1.29, 1.82) is 0 Å². The zero-order valence-electron chi connectivity index (χ0n) is 18.8. The molecule has 2 saturated carbocycles. The fourth-order valence-electron chi connectivity index (χ4n) is 5.91. The first-order valence-corrected chi connectivity index (χ1v) is 12.5. The lowest BCUT2D eigenvalue weighted by atomic mass is 9.63. The fraction of sp³-hybridized carbons (Fsp3) is 0.923. The molecule has 0 aromatic carbocycles. The molecule has 2 fully saturated rings. The Labute approximate surface area is 170 Å². The Kier molecular flexibility index (Phi) is 11.1. The smallest absolute Gasteiger partial charge is 0.0651 e. The number of hydrogen-bond acceptors (Lipinski definition) is 1. The highest BCUT2D eigenvalue weighted by Crippen LogP contribution is 2.47. The van der Waals surface area contributed by atoms with E-state index >= 15 is 0 Å².